The maximum Gasteiger partial charge on any atom is 0.308 e. The Balaban J connectivity index is 1.97. The number of carbonyl (C=O) groups is 2. The van der Waals surface area contributed by atoms with Crippen LogP contribution in [0.1, 0.15) is 19.8 Å². The molecule has 1 saturated heterocycles. The van der Waals surface area contributed by atoms with E-state index in [-0.39, 0.29) is 17.7 Å². The van der Waals surface area contributed by atoms with Crippen LogP contribution >= 0.6 is 0 Å². The van der Waals surface area contributed by atoms with Gasteiger partial charge < -0.3 is 10.0 Å². The molecule has 2 atom stereocenters. The normalized spacial score (nSPS) is 29.9. The van der Waals surface area contributed by atoms with Crippen LogP contribution in [0.15, 0.2) is 12.2 Å². The molecule has 1 aliphatic carbocycles. The molecule has 2 unspecified atom stereocenters. The van der Waals surface area contributed by atoms with Gasteiger partial charge in [-0.1, -0.05) is 19.1 Å². The molecular formula is C12H17NO3. The molecule has 2 rings (SSSR count). The number of likely N-dealkylation sites (tertiary alicyclic amines) is 1. The number of rotatable bonds is 2. The van der Waals surface area contributed by atoms with Crippen molar-refractivity contribution in [3.8, 4) is 0 Å². The Labute approximate surface area is 94.9 Å². The number of allylic oxidation sites excluding steroid dienone is 2. The van der Waals surface area contributed by atoms with Gasteiger partial charge >= 0.3 is 5.97 Å². The summed E-state index contributed by atoms with van der Waals surface area (Å²) in [6, 6.07) is 0. The molecule has 4 nitrogen and oxygen atoms in total. The van der Waals surface area contributed by atoms with E-state index in [9.17, 15) is 9.59 Å². The summed E-state index contributed by atoms with van der Waals surface area (Å²) in [7, 11) is 0. The van der Waals surface area contributed by atoms with E-state index in [1.54, 1.807) is 4.90 Å². The third-order valence-corrected chi connectivity index (χ3v) is 3.60. The first-order chi connectivity index (χ1) is 7.59. The molecule has 0 aromatic rings. The molecule has 1 heterocycles. The van der Waals surface area contributed by atoms with Gasteiger partial charge in [-0.05, 0) is 18.8 Å². The van der Waals surface area contributed by atoms with E-state index in [4.69, 9.17) is 5.11 Å². The van der Waals surface area contributed by atoms with Crippen LogP contribution in [0, 0.1) is 17.8 Å². The predicted octanol–water partition coefficient (Wildman–Crippen LogP) is 1.13. The van der Waals surface area contributed by atoms with E-state index in [2.05, 4.69) is 0 Å². The maximum absolute atomic E-state index is 12.1. The van der Waals surface area contributed by atoms with Crippen LogP contribution in [-0.4, -0.2) is 35.0 Å². The molecule has 1 amide bonds. The molecule has 0 radical (unpaired) electrons. The van der Waals surface area contributed by atoms with E-state index in [0.29, 0.717) is 13.1 Å². The Morgan fingerprint density at radius 2 is 1.88 bits per heavy atom. The minimum atomic E-state index is -0.785. The minimum Gasteiger partial charge on any atom is -0.481 e. The molecule has 0 bridgehead atoms. The third-order valence-electron chi connectivity index (χ3n) is 3.60. The van der Waals surface area contributed by atoms with Crippen molar-refractivity contribution in [3.63, 3.8) is 0 Å². The van der Waals surface area contributed by atoms with Crippen molar-refractivity contribution < 1.29 is 14.7 Å². The van der Waals surface area contributed by atoms with Crippen molar-refractivity contribution in [1.82, 2.24) is 4.90 Å². The molecule has 0 aromatic heterocycles. The summed E-state index contributed by atoms with van der Waals surface area (Å²) >= 11 is 0. The average molecular weight is 223 g/mol. The topological polar surface area (TPSA) is 57.6 Å². The van der Waals surface area contributed by atoms with Crippen molar-refractivity contribution in [3.05, 3.63) is 12.2 Å². The Kier molecular flexibility index (Phi) is 2.99. The highest BCUT2D eigenvalue weighted by Gasteiger charge is 2.38. The van der Waals surface area contributed by atoms with Crippen molar-refractivity contribution in [2.75, 3.05) is 13.1 Å². The first-order valence-corrected chi connectivity index (χ1v) is 5.76. The maximum atomic E-state index is 12.1. The smallest absolute Gasteiger partial charge is 0.308 e. The second-order valence-corrected chi connectivity index (χ2v) is 4.80. The Bertz CT molecular complexity index is 329. The van der Waals surface area contributed by atoms with Gasteiger partial charge in [-0.15, -0.1) is 0 Å². The van der Waals surface area contributed by atoms with Crippen LogP contribution in [0.2, 0.25) is 0 Å². The number of aliphatic carboxylic acids is 1. The lowest BCUT2D eigenvalue weighted by molar-refractivity contribution is -0.142. The highest BCUT2D eigenvalue weighted by atomic mass is 16.4. The van der Waals surface area contributed by atoms with Gasteiger partial charge in [-0.25, -0.2) is 0 Å². The molecular weight excluding hydrogens is 206 g/mol. The largest absolute Gasteiger partial charge is 0.481 e. The fourth-order valence-electron chi connectivity index (χ4n) is 2.55. The zero-order valence-corrected chi connectivity index (χ0v) is 9.43. The first-order valence-electron chi connectivity index (χ1n) is 5.76. The van der Waals surface area contributed by atoms with Crippen LogP contribution < -0.4 is 0 Å². The van der Waals surface area contributed by atoms with Crippen molar-refractivity contribution in [1.29, 1.82) is 0 Å². The summed E-state index contributed by atoms with van der Waals surface area (Å²) in [4.78, 5) is 24.7. The monoisotopic (exact) mass is 223 g/mol. The van der Waals surface area contributed by atoms with Crippen molar-refractivity contribution >= 4 is 11.9 Å². The zero-order chi connectivity index (χ0) is 11.7. The van der Waals surface area contributed by atoms with Gasteiger partial charge in [0, 0.05) is 19.0 Å². The SMILES string of the molecule is CC1CN(C(=O)C2CC=CC2)CC1C(=O)O. The fourth-order valence-corrected chi connectivity index (χ4v) is 2.55. The first kappa shape index (κ1) is 11.2. The number of hydrogen-bond acceptors (Lipinski definition) is 2. The highest BCUT2D eigenvalue weighted by Crippen LogP contribution is 2.27. The van der Waals surface area contributed by atoms with Crippen LogP contribution in [0.4, 0.5) is 0 Å². The number of nitrogens with zero attached hydrogens (tertiary/aromatic N) is 1. The van der Waals surface area contributed by atoms with Crippen molar-refractivity contribution in [2.24, 2.45) is 17.8 Å². The molecule has 1 aliphatic heterocycles. The van der Waals surface area contributed by atoms with Gasteiger partial charge in [-0.3, -0.25) is 9.59 Å². The third kappa shape index (κ3) is 1.96. The number of carbonyl (C=O) groups excluding carboxylic acids is 1. The molecule has 2 aliphatic rings. The molecule has 0 spiro atoms. The molecule has 0 saturated carbocycles. The minimum absolute atomic E-state index is 0.0553. The van der Waals surface area contributed by atoms with E-state index in [1.807, 2.05) is 19.1 Å². The van der Waals surface area contributed by atoms with E-state index in [1.165, 1.54) is 0 Å². The number of carboxylic acid groups (broad SMARTS) is 1. The van der Waals surface area contributed by atoms with Crippen LogP contribution in [0.3, 0.4) is 0 Å². The second kappa shape index (κ2) is 4.28. The molecule has 1 N–H and O–H groups in total. The quantitative estimate of drug-likeness (QED) is 0.714. The summed E-state index contributed by atoms with van der Waals surface area (Å²) in [6.45, 7) is 2.87. The molecule has 4 heteroatoms. The molecule has 0 aromatic carbocycles. The second-order valence-electron chi connectivity index (χ2n) is 4.80. The lowest BCUT2D eigenvalue weighted by Crippen LogP contribution is -2.34. The van der Waals surface area contributed by atoms with Gasteiger partial charge in [0.15, 0.2) is 0 Å². The summed E-state index contributed by atoms with van der Waals surface area (Å²) in [5.41, 5.74) is 0. The Morgan fingerprint density at radius 3 is 2.38 bits per heavy atom. The summed E-state index contributed by atoms with van der Waals surface area (Å²) in [5.74, 6) is -0.929. The van der Waals surface area contributed by atoms with Gasteiger partial charge in [0.1, 0.15) is 0 Å². The summed E-state index contributed by atoms with van der Waals surface area (Å²) < 4.78 is 0. The summed E-state index contributed by atoms with van der Waals surface area (Å²) in [5, 5.41) is 9.00. The number of amides is 1. The van der Waals surface area contributed by atoms with E-state index >= 15 is 0 Å². The van der Waals surface area contributed by atoms with Gasteiger partial charge in [-0.2, -0.15) is 0 Å². The number of carboxylic acids is 1. The molecule has 88 valence electrons. The predicted molar refractivity (Wildman–Crippen MR) is 58.7 cm³/mol. The highest BCUT2D eigenvalue weighted by molar-refractivity contribution is 5.81. The number of hydrogen-bond donors (Lipinski definition) is 1. The van der Waals surface area contributed by atoms with Crippen molar-refractivity contribution in [2.45, 2.75) is 19.8 Å². The van der Waals surface area contributed by atoms with Gasteiger partial charge in [0.05, 0.1) is 5.92 Å². The lowest BCUT2D eigenvalue weighted by atomic mass is 9.99. The lowest BCUT2D eigenvalue weighted by Gasteiger charge is -2.20. The van der Waals surface area contributed by atoms with Crippen LogP contribution in [0.5, 0.6) is 0 Å². The van der Waals surface area contributed by atoms with Gasteiger partial charge in [0.25, 0.3) is 0 Å². The average Bonchev–Trinajstić information content (AvgIpc) is 2.84. The van der Waals surface area contributed by atoms with Crippen LogP contribution in [0.25, 0.3) is 0 Å². The van der Waals surface area contributed by atoms with E-state index < -0.39 is 11.9 Å². The fraction of sp³-hybridized carbons (Fsp3) is 0.667. The molecule has 16 heavy (non-hydrogen) atoms. The van der Waals surface area contributed by atoms with E-state index in [0.717, 1.165) is 12.8 Å². The standard InChI is InChI=1S/C12H17NO3/c1-8-6-13(7-10(8)12(15)16)11(14)9-4-2-3-5-9/h2-3,8-10H,4-7H2,1H3,(H,15,16). The van der Waals surface area contributed by atoms with Crippen LogP contribution in [-0.2, 0) is 9.59 Å². The Hall–Kier alpha value is -1.32. The Morgan fingerprint density at radius 1 is 1.25 bits per heavy atom. The van der Waals surface area contributed by atoms with Gasteiger partial charge in [0.2, 0.25) is 5.91 Å². The summed E-state index contributed by atoms with van der Waals surface area (Å²) in [6.07, 6.45) is 5.66. The molecule has 1 fully saturated rings. The zero-order valence-electron chi connectivity index (χ0n) is 9.43.